The molecule has 0 rings (SSSR count). The number of aliphatic hydroxyl groups is 1. The van der Waals surface area contributed by atoms with Gasteiger partial charge in [-0.25, -0.2) is 4.57 Å². The molecule has 0 fully saturated rings. The highest BCUT2D eigenvalue weighted by molar-refractivity contribution is 7.47. The van der Waals surface area contributed by atoms with Crippen LogP contribution in [0.25, 0.3) is 0 Å². The van der Waals surface area contributed by atoms with E-state index in [4.69, 9.17) is 18.5 Å². The van der Waals surface area contributed by atoms with Crippen molar-refractivity contribution in [3.05, 3.63) is 85.1 Å². The lowest BCUT2D eigenvalue weighted by atomic mass is 10.1. The molecule has 0 aromatic heterocycles. The molecule has 0 aliphatic carbocycles. The highest BCUT2D eigenvalue weighted by atomic mass is 31.2. The molecule has 0 spiro atoms. The minimum Gasteiger partial charge on any atom is -0.462 e. The van der Waals surface area contributed by atoms with Crippen molar-refractivity contribution >= 4 is 19.8 Å². The average Bonchev–Trinajstić information content (AvgIpc) is 3.18. The molecule has 59 heavy (non-hydrogen) atoms. The number of carbonyl (C=O) groups excluding carboxylic acids is 2. The van der Waals surface area contributed by atoms with E-state index in [2.05, 4.69) is 68.5 Å². The van der Waals surface area contributed by atoms with Gasteiger partial charge in [-0.2, -0.15) is 0 Å². The van der Waals surface area contributed by atoms with E-state index in [1.807, 2.05) is 39.4 Å². The topological polar surface area (TPSA) is 129 Å². The number of allylic oxidation sites excluding steroid dienone is 12. The van der Waals surface area contributed by atoms with Crippen molar-refractivity contribution < 1.29 is 47.2 Å². The van der Waals surface area contributed by atoms with Crippen molar-refractivity contribution in [2.45, 2.75) is 161 Å². The average molecular weight is 849 g/mol. The lowest BCUT2D eigenvalue weighted by Crippen LogP contribution is -2.37. The Balaban J connectivity index is 4.59. The quantitative estimate of drug-likeness (QED) is 0.0155. The summed E-state index contributed by atoms with van der Waals surface area (Å²) in [4.78, 5) is 35.4. The maximum absolute atomic E-state index is 12.7. The normalized spacial score (nSPS) is 14.9. The molecule has 10 nitrogen and oxygen atoms in total. The SMILES string of the molecule is CCCCC/C=C\C/C=C\C/C=C\CCCCCCC(=O)O[C@H](COC(=O)CCC/C=C/C=C\C(O)C/C=C\C/C=C\CCCCC)COP(=O)(O)OCC[N+](C)(C)C. The van der Waals surface area contributed by atoms with Gasteiger partial charge >= 0.3 is 19.8 Å². The van der Waals surface area contributed by atoms with Gasteiger partial charge in [0.25, 0.3) is 0 Å². The second-order valence-electron chi connectivity index (χ2n) is 15.9. The Morgan fingerprint density at radius 1 is 0.610 bits per heavy atom. The minimum absolute atomic E-state index is 0.000206. The third-order valence-electron chi connectivity index (χ3n) is 8.98. The van der Waals surface area contributed by atoms with Crippen LogP contribution in [0.2, 0.25) is 0 Å². The number of carbonyl (C=O) groups is 2. The number of likely N-dealkylation sites (N-methyl/N-ethyl adjacent to an activating group) is 1. The summed E-state index contributed by atoms with van der Waals surface area (Å²) in [5.41, 5.74) is 0. The molecule has 2 unspecified atom stereocenters. The lowest BCUT2D eigenvalue weighted by Gasteiger charge is -2.24. The van der Waals surface area contributed by atoms with Crippen molar-refractivity contribution in [3.8, 4) is 0 Å². The summed E-state index contributed by atoms with van der Waals surface area (Å²) >= 11 is 0. The van der Waals surface area contributed by atoms with Gasteiger partial charge < -0.3 is 24.0 Å². The van der Waals surface area contributed by atoms with Gasteiger partial charge in [-0.3, -0.25) is 18.6 Å². The molecule has 0 saturated carbocycles. The zero-order valence-electron chi connectivity index (χ0n) is 37.6. The van der Waals surface area contributed by atoms with Crippen LogP contribution in [0, 0.1) is 0 Å². The number of quaternary nitrogens is 1. The van der Waals surface area contributed by atoms with Gasteiger partial charge in [0.05, 0.1) is 33.9 Å². The predicted molar refractivity (Wildman–Crippen MR) is 244 cm³/mol. The highest BCUT2D eigenvalue weighted by Crippen LogP contribution is 2.43. The van der Waals surface area contributed by atoms with Crippen LogP contribution in [0.15, 0.2) is 85.1 Å². The molecule has 0 aliphatic rings. The van der Waals surface area contributed by atoms with Gasteiger partial charge in [-0.1, -0.05) is 137 Å². The van der Waals surface area contributed by atoms with E-state index in [-0.39, 0.29) is 26.1 Å². The van der Waals surface area contributed by atoms with Crippen LogP contribution < -0.4 is 0 Å². The molecule has 0 heterocycles. The van der Waals surface area contributed by atoms with E-state index in [9.17, 15) is 24.2 Å². The highest BCUT2D eigenvalue weighted by Gasteiger charge is 2.27. The zero-order valence-corrected chi connectivity index (χ0v) is 38.5. The first-order chi connectivity index (χ1) is 28.4. The summed E-state index contributed by atoms with van der Waals surface area (Å²) in [7, 11) is 1.37. The Morgan fingerprint density at radius 2 is 1.14 bits per heavy atom. The fraction of sp³-hybridized carbons (Fsp3) is 0.667. The summed E-state index contributed by atoms with van der Waals surface area (Å²) < 4.78 is 34.2. The first kappa shape index (κ1) is 56.1. The third kappa shape index (κ3) is 43.1. The Hall–Kier alpha value is -2.85. The number of nitrogens with zero attached hydrogens (tertiary/aromatic N) is 1. The number of esters is 2. The zero-order chi connectivity index (χ0) is 43.7. The number of phosphoric acid groups is 1. The molecule has 0 amide bonds. The molecule has 3 atom stereocenters. The Labute approximate surface area is 359 Å². The summed E-state index contributed by atoms with van der Waals surface area (Å²) in [5.74, 6) is -0.963. The number of unbranched alkanes of at least 4 members (excludes halogenated alkanes) is 11. The van der Waals surface area contributed by atoms with Crippen LogP contribution in [0.1, 0.15) is 149 Å². The summed E-state index contributed by atoms with van der Waals surface area (Å²) in [6, 6.07) is 0. The molecule has 0 aliphatic heterocycles. The van der Waals surface area contributed by atoms with Crippen LogP contribution in [0.3, 0.4) is 0 Å². The van der Waals surface area contributed by atoms with Crippen molar-refractivity contribution in [1.29, 1.82) is 0 Å². The number of phosphoric ester groups is 1. The molecular formula is C48H83NO9P+. The summed E-state index contributed by atoms with van der Waals surface area (Å²) in [6.45, 7) is 4.15. The standard InChI is InChI=1S/C48H82NO9P/c1-6-8-10-12-14-16-17-18-19-20-21-22-23-25-27-31-36-40-48(52)58-46(44-57-59(53,54)56-42-41-49(3,4)5)43-55-47(51)39-35-32-28-30-34-38-45(50)37-33-29-26-24-15-13-11-9-7-2/h14-16,18-19,21-22,24,28-30,33-34,38,45-46,50H,6-13,17,20,23,25-27,31-32,35-37,39-44H2,1-5H3/p+1/b16-14-,19-18-,22-21-,24-15-,30-28+,33-29-,38-34-/t45?,46-/m1/s1. The monoisotopic (exact) mass is 849 g/mol. The van der Waals surface area contributed by atoms with Crippen molar-refractivity contribution in [1.82, 2.24) is 0 Å². The first-order valence-electron chi connectivity index (χ1n) is 22.4. The van der Waals surface area contributed by atoms with Gasteiger partial charge in [-0.15, -0.1) is 0 Å². The molecular weight excluding hydrogens is 766 g/mol. The van der Waals surface area contributed by atoms with Crippen LogP contribution in [0.5, 0.6) is 0 Å². The molecule has 0 radical (unpaired) electrons. The fourth-order valence-electron chi connectivity index (χ4n) is 5.39. The second-order valence-corrected chi connectivity index (χ2v) is 17.4. The van der Waals surface area contributed by atoms with Gasteiger partial charge in [0.1, 0.15) is 19.8 Å². The van der Waals surface area contributed by atoms with E-state index in [1.54, 1.807) is 12.2 Å². The molecule has 2 N–H and O–H groups in total. The Bertz CT molecular complexity index is 1300. The summed E-state index contributed by atoms with van der Waals surface area (Å²) in [5, 5.41) is 10.1. The maximum Gasteiger partial charge on any atom is 0.472 e. The first-order valence-corrected chi connectivity index (χ1v) is 23.9. The van der Waals surface area contributed by atoms with Gasteiger partial charge in [-0.05, 0) is 83.5 Å². The van der Waals surface area contributed by atoms with E-state index >= 15 is 0 Å². The van der Waals surface area contributed by atoms with E-state index in [0.717, 1.165) is 51.4 Å². The molecule has 0 saturated heterocycles. The molecule has 0 aromatic rings. The smallest absolute Gasteiger partial charge is 0.462 e. The predicted octanol–water partition coefficient (Wildman–Crippen LogP) is 11.8. The number of hydrogen-bond acceptors (Lipinski definition) is 8. The fourth-order valence-corrected chi connectivity index (χ4v) is 6.13. The Kier molecular flexibility index (Phi) is 37.4. The number of rotatable bonds is 39. The third-order valence-corrected chi connectivity index (χ3v) is 9.96. The van der Waals surface area contributed by atoms with Gasteiger partial charge in [0.2, 0.25) is 0 Å². The van der Waals surface area contributed by atoms with Crippen molar-refractivity contribution in [2.75, 3.05) is 47.5 Å². The molecule has 338 valence electrons. The van der Waals surface area contributed by atoms with E-state index < -0.39 is 38.6 Å². The largest absolute Gasteiger partial charge is 0.472 e. The summed E-state index contributed by atoms with van der Waals surface area (Å²) in [6.07, 6.45) is 46.6. The maximum atomic E-state index is 12.7. The number of hydrogen-bond donors (Lipinski definition) is 2. The molecule has 0 aromatic carbocycles. The van der Waals surface area contributed by atoms with Crippen LogP contribution in [-0.4, -0.2) is 86.1 Å². The number of ether oxygens (including phenoxy) is 2. The van der Waals surface area contributed by atoms with E-state index in [0.29, 0.717) is 36.7 Å². The van der Waals surface area contributed by atoms with Crippen LogP contribution in [0.4, 0.5) is 0 Å². The lowest BCUT2D eigenvalue weighted by molar-refractivity contribution is -0.870. The minimum atomic E-state index is -4.42. The van der Waals surface area contributed by atoms with Gasteiger partial charge in [0, 0.05) is 12.8 Å². The van der Waals surface area contributed by atoms with E-state index in [1.165, 1.54) is 44.9 Å². The van der Waals surface area contributed by atoms with Crippen LogP contribution >= 0.6 is 7.82 Å². The number of aliphatic hydroxyl groups excluding tert-OH is 1. The van der Waals surface area contributed by atoms with Crippen molar-refractivity contribution in [2.24, 2.45) is 0 Å². The Morgan fingerprint density at radius 3 is 1.73 bits per heavy atom. The second kappa shape index (κ2) is 39.3. The van der Waals surface area contributed by atoms with Gasteiger partial charge in [0.15, 0.2) is 6.10 Å². The molecule has 11 heteroatoms. The van der Waals surface area contributed by atoms with Crippen LogP contribution in [-0.2, 0) is 32.7 Å². The molecule has 0 bridgehead atoms. The van der Waals surface area contributed by atoms with Crippen molar-refractivity contribution in [3.63, 3.8) is 0 Å².